The average molecular weight is 452 g/mol. The zero-order chi connectivity index (χ0) is 23.8. The second-order valence-electron chi connectivity index (χ2n) is 8.37. The number of aliphatic carboxylic acids is 1. The van der Waals surface area contributed by atoms with E-state index in [4.69, 9.17) is 5.73 Å². The van der Waals surface area contributed by atoms with Gasteiger partial charge in [0.15, 0.2) is 0 Å². The third-order valence-electron chi connectivity index (χ3n) is 6.02. The van der Waals surface area contributed by atoms with Crippen LogP contribution in [0.3, 0.4) is 0 Å². The molecule has 0 radical (unpaired) electrons. The van der Waals surface area contributed by atoms with E-state index in [2.05, 4.69) is 20.6 Å². The molecule has 8 heteroatoms. The van der Waals surface area contributed by atoms with Crippen LogP contribution in [0, 0.1) is 0 Å². The summed E-state index contributed by atoms with van der Waals surface area (Å²) in [5.41, 5.74) is 9.82. The normalized spacial score (nSPS) is 14.9. The third-order valence-corrected chi connectivity index (χ3v) is 6.02. The van der Waals surface area contributed by atoms with E-state index >= 15 is 0 Å². The first-order valence-electron chi connectivity index (χ1n) is 11.3. The summed E-state index contributed by atoms with van der Waals surface area (Å²) < 4.78 is 0. The van der Waals surface area contributed by atoms with Crippen LogP contribution in [0.2, 0.25) is 0 Å². The van der Waals surface area contributed by atoms with Crippen LogP contribution in [0.5, 0.6) is 0 Å². The Labute approximate surface area is 194 Å². The van der Waals surface area contributed by atoms with E-state index < -0.39 is 17.9 Å². The molecule has 0 aliphatic carbocycles. The van der Waals surface area contributed by atoms with Crippen LogP contribution < -0.4 is 16.4 Å². The van der Waals surface area contributed by atoms with Gasteiger partial charge >= 0.3 is 5.97 Å². The number of carboxylic acid groups (broad SMARTS) is 1. The minimum Gasteiger partial charge on any atom is -0.480 e. The summed E-state index contributed by atoms with van der Waals surface area (Å²) in [6, 6.07) is 13.8. The van der Waals surface area contributed by atoms with Gasteiger partial charge in [-0.1, -0.05) is 19.1 Å². The van der Waals surface area contributed by atoms with Gasteiger partial charge in [-0.05, 0) is 68.3 Å². The molecule has 0 aliphatic rings. The number of carbonyl (C=O) groups is 2. The number of carbonyl (C=O) groups excluding carboxylic acids is 1. The lowest BCUT2D eigenvalue weighted by atomic mass is 9.92. The molecule has 1 aromatic carbocycles. The predicted octanol–water partition coefficient (Wildman–Crippen LogP) is 3.46. The van der Waals surface area contributed by atoms with Crippen molar-refractivity contribution in [3.63, 3.8) is 0 Å². The fraction of sp³-hybridized carbons (Fsp3) is 0.360. The minimum absolute atomic E-state index is 0.0874. The molecular formula is C25H33N5O3. The fourth-order valence-electron chi connectivity index (χ4n) is 3.81. The first-order valence-corrected chi connectivity index (χ1v) is 11.3. The van der Waals surface area contributed by atoms with Crippen LogP contribution in [-0.2, 0) is 4.79 Å². The number of carboxylic acids is 1. The molecule has 1 amide bonds. The van der Waals surface area contributed by atoms with Crippen LogP contribution in [0.25, 0.3) is 0 Å². The largest absolute Gasteiger partial charge is 0.480 e. The molecule has 0 fully saturated rings. The van der Waals surface area contributed by atoms with Crippen molar-refractivity contribution in [2.75, 3.05) is 6.54 Å². The van der Waals surface area contributed by atoms with Gasteiger partial charge in [0.2, 0.25) is 0 Å². The van der Waals surface area contributed by atoms with Gasteiger partial charge in [0, 0.05) is 47.3 Å². The molecule has 4 atom stereocenters. The highest BCUT2D eigenvalue weighted by Crippen LogP contribution is 2.27. The summed E-state index contributed by atoms with van der Waals surface area (Å²) in [6.45, 7) is 4.73. The standard InChI is InChI=1S/C25H33N5O3/c1-16(20-6-3-14-28-20)23(26)18-9-11-19(12-10-18)24(31)30-22(25(32)33)8-5-13-27-17(2)21-7-4-15-29-21/h3-4,6-7,9-12,14-17,22-23,27-29H,5,8,13,26H2,1-2H3,(H,30,31)(H,32,33)/t16?,17?,22-,23?/m0/s1. The number of nitrogens with one attached hydrogen (secondary N) is 4. The molecule has 2 heterocycles. The maximum atomic E-state index is 12.6. The lowest BCUT2D eigenvalue weighted by Crippen LogP contribution is -2.41. The number of hydrogen-bond donors (Lipinski definition) is 6. The van der Waals surface area contributed by atoms with E-state index in [9.17, 15) is 14.7 Å². The lowest BCUT2D eigenvalue weighted by Gasteiger charge is -2.20. The van der Waals surface area contributed by atoms with Crippen molar-refractivity contribution >= 4 is 11.9 Å². The Hall–Kier alpha value is -3.36. The van der Waals surface area contributed by atoms with E-state index in [1.165, 1.54) is 0 Å². The number of rotatable bonds is 12. The molecule has 3 rings (SSSR count). The SMILES string of the molecule is CC(NCCC[C@H](NC(=O)c1ccc(C(N)C(C)c2ccc[nH]2)cc1)C(=O)O)c1ccc[nH]1. The van der Waals surface area contributed by atoms with E-state index in [0.717, 1.165) is 17.0 Å². The number of aromatic nitrogens is 2. The first kappa shape index (κ1) is 24.3. The van der Waals surface area contributed by atoms with Gasteiger partial charge in [0.05, 0.1) is 0 Å². The summed E-state index contributed by atoms with van der Waals surface area (Å²) >= 11 is 0. The van der Waals surface area contributed by atoms with Crippen molar-refractivity contribution in [3.05, 3.63) is 83.4 Å². The van der Waals surface area contributed by atoms with Crippen LogP contribution in [0.4, 0.5) is 0 Å². The van der Waals surface area contributed by atoms with Gasteiger partial charge in [0.25, 0.3) is 5.91 Å². The Balaban J connectivity index is 1.50. The highest BCUT2D eigenvalue weighted by atomic mass is 16.4. The molecule has 3 aromatic rings. The molecule has 0 spiro atoms. The number of hydrogen-bond acceptors (Lipinski definition) is 4. The summed E-state index contributed by atoms with van der Waals surface area (Å²) in [5.74, 6) is -1.36. The van der Waals surface area contributed by atoms with Gasteiger partial charge in [0.1, 0.15) is 6.04 Å². The topological polar surface area (TPSA) is 136 Å². The summed E-state index contributed by atoms with van der Waals surface area (Å²) in [5, 5.41) is 15.5. The maximum absolute atomic E-state index is 12.6. The van der Waals surface area contributed by atoms with Gasteiger partial charge in [-0.25, -0.2) is 4.79 Å². The second kappa shape index (κ2) is 11.5. The summed E-state index contributed by atoms with van der Waals surface area (Å²) in [6.07, 6.45) is 4.68. The number of aromatic amines is 2. The van der Waals surface area contributed by atoms with Crippen molar-refractivity contribution in [3.8, 4) is 0 Å². The summed E-state index contributed by atoms with van der Waals surface area (Å²) in [7, 11) is 0. The zero-order valence-corrected chi connectivity index (χ0v) is 19.0. The van der Waals surface area contributed by atoms with Crippen LogP contribution in [0.15, 0.2) is 60.9 Å². The highest BCUT2D eigenvalue weighted by Gasteiger charge is 2.21. The molecule has 0 aliphatic heterocycles. The van der Waals surface area contributed by atoms with Crippen molar-refractivity contribution < 1.29 is 14.7 Å². The van der Waals surface area contributed by atoms with Gasteiger partial charge < -0.3 is 31.4 Å². The Morgan fingerprint density at radius 3 is 2.21 bits per heavy atom. The van der Waals surface area contributed by atoms with Crippen molar-refractivity contribution in [2.45, 2.75) is 50.7 Å². The molecule has 7 N–H and O–H groups in total. The highest BCUT2D eigenvalue weighted by molar-refractivity contribution is 5.96. The Kier molecular flexibility index (Phi) is 8.46. The Morgan fingerprint density at radius 2 is 1.64 bits per heavy atom. The van der Waals surface area contributed by atoms with Crippen molar-refractivity contribution in [2.24, 2.45) is 5.73 Å². The quantitative estimate of drug-likeness (QED) is 0.234. The molecule has 2 aromatic heterocycles. The van der Waals surface area contributed by atoms with E-state index in [-0.39, 0.29) is 18.0 Å². The molecule has 0 bridgehead atoms. The zero-order valence-electron chi connectivity index (χ0n) is 19.0. The van der Waals surface area contributed by atoms with E-state index in [0.29, 0.717) is 24.9 Å². The van der Waals surface area contributed by atoms with Crippen LogP contribution in [-0.4, -0.2) is 39.5 Å². The number of H-pyrrole nitrogens is 2. The van der Waals surface area contributed by atoms with Crippen molar-refractivity contribution in [1.29, 1.82) is 0 Å². The molecule has 0 saturated heterocycles. The molecule has 8 nitrogen and oxygen atoms in total. The lowest BCUT2D eigenvalue weighted by molar-refractivity contribution is -0.139. The van der Waals surface area contributed by atoms with Crippen LogP contribution >= 0.6 is 0 Å². The van der Waals surface area contributed by atoms with Crippen LogP contribution in [0.1, 0.15) is 72.0 Å². The van der Waals surface area contributed by atoms with E-state index in [1.54, 1.807) is 12.1 Å². The number of amides is 1. The average Bonchev–Trinajstić information content (AvgIpc) is 3.54. The minimum atomic E-state index is -1.04. The van der Waals surface area contributed by atoms with E-state index in [1.807, 2.05) is 62.6 Å². The molecule has 0 saturated carbocycles. The predicted molar refractivity (Wildman–Crippen MR) is 128 cm³/mol. The summed E-state index contributed by atoms with van der Waals surface area (Å²) in [4.78, 5) is 30.6. The Bertz CT molecular complexity index is 999. The number of benzene rings is 1. The monoisotopic (exact) mass is 451 g/mol. The molecule has 3 unspecified atom stereocenters. The van der Waals surface area contributed by atoms with Gasteiger partial charge in [-0.2, -0.15) is 0 Å². The Morgan fingerprint density at radius 1 is 1.00 bits per heavy atom. The molecular weight excluding hydrogens is 418 g/mol. The molecule has 33 heavy (non-hydrogen) atoms. The fourth-order valence-corrected chi connectivity index (χ4v) is 3.81. The third kappa shape index (κ3) is 6.57. The van der Waals surface area contributed by atoms with Crippen molar-refractivity contribution in [1.82, 2.24) is 20.6 Å². The number of nitrogens with two attached hydrogens (primary N) is 1. The first-order chi connectivity index (χ1) is 15.9. The van der Waals surface area contributed by atoms with Gasteiger partial charge in [-0.15, -0.1) is 0 Å². The smallest absolute Gasteiger partial charge is 0.326 e. The second-order valence-corrected chi connectivity index (χ2v) is 8.37. The van der Waals surface area contributed by atoms with Gasteiger partial charge in [-0.3, -0.25) is 4.79 Å². The maximum Gasteiger partial charge on any atom is 0.326 e. The molecule has 176 valence electrons.